The van der Waals surface area contributed by atoms with Gasteiger partial charge in [-0.1, -0.05) is 19.3 Å². The molecule has 2 aromatic rings. The first-order valence-electron chi connectivity index (χ1n) is 10.6. The lowest BCUT2D eigenvalue weighted by molar-refractivity contribution is 0.102. The molecular weight excluding hydrogens is 442 g/mol. The van der Waals surface area contributed by atoms with Gasteiger partial charge in [-0.3, -0.25) is 4.79 Å². The molecule has 172 valence electrons. The summed E-state index contributed by atoms with van der Waals surface area (Å²) in [5, 5.41) is 10.8. The molecule has 4 rings (SSSR count). The maximum Gasteiger partial charge on any atom is 0.255 e. The molecule has 0 radical (unpaired) electrons. The Bertz CT molecular complexity index is 961. The molecule has 2 saturated carbocycles. The summed E-state index contributed by atoms with van der Waals surface area (Å²) in [7, 11) is 0. The second kappa shape index (κ2) is 11.4. The summed E-state index contributed by atoms with van der Waals surface area (Å²) in [5.41, 5.74) is 1.15. The first-order valence-corrected chi connectivity index (χ1v) is 11.5. The predicted octanol–water partition coefficient (Wildman–Crippen LogP) is 7.53. The Kier molecular flexibility index (Phi) is 8.61. The van der Waals surface area contributed by atoms with Crippen LogP contribution in [-0.2, 0) is 0 Å². The van der Waals surface area contributed by atoms with Gasteiger partial charge in [0.2, 0.25) is 0 Å². The van der Waals surface area contributed by atoms with Crippen molar-refractivity contribution in [2.45, 2.75) is 61.5 Å². The molecular formula is C24H25F4NO2S. The van der Waals surface area contributed by atoms with Gasteiger partial charge in [-0.2, -0.15) is 0 Å². The summed E-state index contributed by atoms with van der Waals surface area (Å²) < 4.78 is 53.6. The Morgan fingerprint density at radius 1 is 0.938 bits per heavy atom. The molecule has 1 amide bonds. The average Bonchev–Trinajstić information content (AvgIpc) is 2.74. The number of hydrogen-bond donors (Lipinski definition) is 2. The van der Waals surface area contributed by atoms with Gasteiger partial charge < -0.3 is 10.4 Å². The quantitative estimate of drug-likeness (QED) is 0.278. The molecule has 3 nitrogen and oxygen atoms in total. The predicted molar refractivity (Wildman–Crippen MR) is 118 cm³/mol. The van der Waals surface area contributed by atoms with Crippen molar-refractivity contribution < 1.29 is 27.5 Å². The van der Waals surface area contributed by atoms with Gasteiger partial charge in [0.15, 0.2) is 17.5 Å². The van der Waals surface area contributed by atoms with E-state index in [4.69, 9.17) is 5.11 Å². The van der Waals surface area contributed by atoms with Gasteiger partial charge in [-0.15, -0.1) is 11.8 Å². The third-order valence-electron chi connectivity index (χ3n) is 5.46. The number of nitrogens with one attached hydrogen (secondary N) is 1. The number of hydrogen-bond acceptors (Lipinski definition) is 3. The van der Waals surface area contributed by atoms with E-state index in [9.17, 15) is 22.4 Å². The number of amides is 1. The van der Waals surface area contributed by atoms with E-state index in [0.29, 0.717) is 22.3 Å². The second-order valence-corrected chi connectivity index (χ2v) is 9.21. The maximum absolute atomic E-state index is 14.1. The van der Waals surface area contributed by atoms with Crippen LogP contribution in [0.4, 0.5) is 23.2 Å². The topological polar surface area (TPSA) is 49.3 Å². The second-order valence-electron chi connectivity index (χ2n) is 7.87. The number of thioether (sulfide) groups is 1. The highest BCUT2D eigenvalue weighted by Gasteiger charge is 2.19. The zero-order valence-corrected chi connectivity index (χ0v) is 18.3. The molecule has 0 saturated heterocycles. The highest BCUT2D eigenvalue weighted by molar-refractivity contribution is 8.00. The molecule has 2 aliphatic rings. The SMILES string of the molecule is O=C(Nc1cc(F)c(F)c(F)c1)c1ccc(F)c(SC2CCCCC2)c1.OC=C1CCC1. The van der Waals surface area contributed by atoms with Crippen LogP contribution in [-0.4, -0.2) is 16.3 Å². The highest BCUT2D eigenvalue weighted by atomic mass is 32.2. The molecule has 0 aliphatic heterocycles. The number of benzene rings is 2. The van der Waals surface area contributed by atoms with Crippen LogP contribution in [0.1, 0.15) is 61.7 Å². The van der Waals surface area contributed by atoms with Gasteiger partial charge in [0.05, 0.1) is 6.26 Å². The van der Waals surface area contributed by atoms with Crippen molar-refractivity contribution in [3.05, 3.63) is 71.0 Å². The Morgan fingerprint density at radius 3 is 2.12 bits per heavy atom. The molecule has 0 aromatic heterocycles. The minimum absolute atomic E-state index is 0.162. The molecule has 2 aliphatic carbocycles. The van der Waals surface area contributed by atoms with Crippen molar-refractivity contribution in [1.82, 2.24) is 0 Å². The fraction of sp³-hybridized carbons (Fsp3) is 0.375. The van der Waals surface area contributed by atoms with Crippen LogP contribution in [0.5, 0.6) is 0 Å². The molecule has 2 fully saturated rings. The molecule has 0 spiro atoms. The van der Waals surface area contributed by atoms with Crippen LogP contribution in [0.2, 0.25) is 0 Å². The van der Waals surface area contributed by atoms with Crippen LogP contribution in [0.25, 0.3) is 0 Å². The Hall–Kier alpha value is -2.48. The van der Waals surface area contributed by atoms with E-state index < -0.39 is 29.2 Å². The van der Waals surface area contributed by atoms with Crippen molar-refractivity contribution in [2.24, 2.45) is 0 Å². The van der Waals surface area contributed by atoms with Crippen molar-refractivity contribution in [1.29, 1.82) is 0 Å². The summed E-state index contributed by atoms with van der Waals surface area (Å²) >= 11 is 1.41. The normalized spacial score (nSPS) is 15.9. The fourth-order valence-electron chi connectivity index (χ4n) is 3.44. The molecule has 0 heterocycles. The van der Waals surface area contributed by atoms with E-state index in [-0.39, 0.29) is 11.3 Å². The first kappa shape index (κ1) is 24.2. The molecule has 0 unspecified atom stereocenters. The third-order valence-corrected chi connectivity index (χ3v) is 6.83. The van der Waals surface area contributed by atoms with Crippen molar-refractivity contribution in [3.63, 3.8) is 0 Å². The molecule has 2 aromatic carbocycles. The van der Waals surface area contributed by atoms with E-state index in [1.165, 1.54) is 54.6 Å². The van der Waals surface area contributed by atoms with Crippen LogP contribution < -0.4 is 5.32 Å². The minimum Gasteiger partial charge on any atom is -0.516 e. The smallest absolute Gasteiger partial charge is 0.255 e. The number of aliphatic hydroxyl groups excluding tert-OH is 1. The molecule has 0 bridgehead atoms. The number of carbonyl (C=O) groups is 1. The summed E-state index contributed by atoms with van der Waals surface area (Å²) in [4.78, 5) is 12.7. The molecule has 32 heavy (non-hydrogen) atoms. The zero-order chi connectivity index (χ0) is 23.1. The Balaban J connectivity index is 0.000000416. The van der Waals surface area contributed by atoms with Crippen LogP contribution >= 0.6 is 11.8 Å². The van der Waals surface area contributed by atoms with Gasteiger partial charge >= 0.3 is 0 Å². The average molecular weight is 468 g/mol. The summed E-state index contributed by atoms with van der Waals surface area (Å²) in [6, 6.07) is 5.31. The number of halogens is 4. The van der Waals surface area contributed by atoms with Crippen LogP contribution in [0, 0.1) is 23.3 Å². The van der Waals surface area contributed by atoms with Crippen LogP contribution in [0.3, 0.4) is 0 Å². The van der Waals surface area contributed by atoms with Gasteiger partial charge in [0, 0.05) is 33.5 Å². The summed E-state index contributed by atoms with van der Waals surface area (Å²) in [5.74, 6) is -5.45. The Labute approximate surface area is 188 Å². The van der Waals surface area contributed by atoms with Crippen molar-refractivity contribution in [2.75, 3.05) is 5.32 Å². The monoisotopic (exact) mass is 467 g/mol. The van der Waals surface area contributed by atoms with E-state index in [2.05, 4.69) is 5.32 Å². The number of allylic oxidation sites excluding steroid dienone is 1. The molecule has 0 atom stereocenters. The van der Waals surface area contributed by atoms with Crippen molar-refractivity contribution >= 4 is 23.4 Å². The number of aliphatic hydroxyl groups is 1. The lowest BCUT2D eigenvalue weighted by atomic mass is 9.94. The van der Waals surface area contributed by atoms with E-state index in [1.807, 2.05) is 0 Å². The fourth-order valence-corrected chi connectivity index (χ4v) is 4.74. The first-order chi connectivity index (χ1) is 15.4. The number of carbonyl (C=O) groups excluding carboxylic acids is 1. The third kappa shape index (κ3) is 6.51. The van der Waals surface area contributed by atoms with Gasteiger partial charge in [0.25, 0.3) is 5.91 Å². The number of anilines is 1. The lowest BCUT2D eigenvalue weighted by Crippen LogP contribution is -2.13. The van der Waals surface area contributed by atoms with E-state index in [0.717, 1.165) is 38.5 Å². The standard InChI is InChI=1S/C19H17F4NOS.C5H8O/c20-14-7-6-11(8-17(14)26-13-4-2-1-3-5-13)19(25)24-12-9-15(21)18(23)16(22)10-12;6-4-5-2-1-3-5/h6-10,13H,1-5H2,(H,24,25);4,6H,1-3H2. The summed E-state index contributed by atoms with van der Waals surface area (Å²) in [6.07, 6.45) is 10.2. The van der Waals surface area contributed by atoms with Gasteiger partial charge in [-0.05, 0) is 55.9 Å². The van der Waals surface area contributed by atoms with Crippen LogP contribution in [0.15, 0.2) is 47.1 Å². The maximum atomic E-state index is 14.1. The molecule has 2 N–H and O–H groups in total. The zero-order valence-electron chi connectivity index (χ0n) is 17.5. The minimum atomic E-state index is -1.60. The van der Waals surface area contributed by atoms with Gasteiger partial charge in [-0.25, -0.2) is 17.6 Å². The number of rotatable bonds is 4. The largest absolute Gasteiger partial charge is 0.516 e. The molecule has 8 heteroatoms. The van der Waals surface area contributed by atoms with E-state index in [1.54, 1.807) is 0 Å². The van der Waals surface area contributed by atoms with E-state index >= 15 is 0 Å². The van der Waals surface area contributed by atoms with Crippen molar-refractivity contribution in [3.8, 4) is 0 Å². The highest BCUT2D eigenvalue weighted by Crippen LogP contribution is 2.35. The lowest BCUT2D eigenvalue weighted by Gasteiger charge is -2.21. The summed E-state index contributed by atoms with van der Waals surface area (Å²) in [6.45, 7) is 0. The van der Waals surface area contributed by atoms with Gasteiger partial charge in [0.1, 0.15) is 5.82 Å². The Morgan fingerprint density at radius 2 is 1.59 bits per heavy atom.